The zero-order valence-electron chi connectivity index (χ0n) is 14.6. The lowest BCUT2D eigenvalue weighted by atomic mass is 9.96. The highest BCUT2D eigenvalue weighted by molar-refractivity contribution is 7.16. The van der Waals surface area contributed by atoms with E-state index in [4.69, 9.17) is 0 Å². The molecule has 0 spiro atoms. The molecule has 1 saturated carbocycles. The average molecular weight is 384 g/mol. The van der Waals surface area contributed by atoms with Crippen molar-refractivity contribution in [3.05, 3.63) is 37.9 Å². The van der Waals surface area contributed by atoms with E-state index in [1.165, 1.54) is 33.7 Å². The third kappa shape index (κ3) is 2.79. The highest BCUT2D eigenvalue weighted by atomic mass is 32.1. The summed E-state index contributed by atoms with van der Waals surface area (Å²) in [5, 5.41) is 15.5. The molecule has 1 unspecified atom stereocenters. The molecule has 0 bridgehead atoms. The summed E-state index contributed by atoms with van der Waals surface area (Å²) < 4.78 is 0. The van der Waals surface area contributed by atoms with Crippen LogP contribution in [-0.2, 0) is 24.1 Å². The molecule has 2 aromatic heterocycles. The molecule has 1 aliphatic heterocycles. The van der Waals surface area contributed by atoms with Crippen LogP contribution in [-0.4, -0.2) is 23.9 Å². The topological polar surface area (TPSA) is 56.1 Å². The first-order valence-electron chi connectivity index (χ1n) is 9.39. The molecule has 1 fully saturated rings. The van der Waals surface area contributed by atoms with Crippen LogP contribution in [0.5, 0.6) is 0 Å². The molecule has 6 heteroatoms. The lowest BCUT2D eigenvalue weighted by Gasteiger charge is -2.35. The molecule has 4 nitrogen and oxygen atoms in total. The summed E-state index contributed by atoms with van der Waals surface area (Å²) in [6, 6.07) is 4.97. The Morgan fingerprint density at radius 3 is 3.00 bits per heavy atom. The van der Waals surface area contributed by atoms with Gasteiger partial charge in [-0.15, -0.1) is 22.7 Å². The summed E-state index contributed by atoms with van der Waals surface area (Å²) >= 11 is 3.46. The lowest BCUT2D eigenvalue weighted by Crippen LogP contribution is -2.41. The van der Waals surface area contributed by atoms with Crippen molar-refractivity contribution in [1.82, 2.24) is 4.90 Å². The highest BCUT2D eigenvalue weighted by Gasteiger charge is 2.40. The van der Waals surface area contributed by atoms with Crippen LogP contribution in [0.2, 0.25) is 0 Å². The monoisotopic (exact) mass is 383 g/mol. The van der Waals surface area contributed by atoms with Crippen LogP contribution >= 0.6 is 22.7 Å². The summed E-state index contributed by atoms with van der Waals surface area (Å²) in [7, 11) is 0. The Labute approximate surface area is 161 Å². The zero-order valence-corrected chi connectivity index (χ0v) is 16.2. The van der Waals surface area contributed by atoms with Gasteiger partial charge in [-0.3, -0.25) is 9.69 Å². The van der Waals surface area contributed by atoms with Gasteiger partial charge in [-0.25, -0.2) is 0 Å². The number of hydrogen-bond donors (Lipinski definition) is 1. The molecule has 1 atom stereocenters. The predicted molar refractivity (Wildman–Crippen MR) is 105 cm³/mol. The highest BCUT2D eigenvalue weighted by Crippen LogP contribution is 2.48. The predicted octanol–water partition coefficient (Wildman–Crippen LogP) is 4.12. The van der Waals surface area contributed by atoms with Crippen LogP contribution in [0.3, 0.4) is 0 Å². The Morgan fingerprint density at radius 1 is 1.31 bits per heavy atom. The van der Waals surface area contributed by atoms with Crippen molar-refractivity contribution in [3.63, 3.8) is 0 Å². The fraction of sp³-hybridized carbons (Fsp3) is 0.500. The number of anilines is 1. The standard InChI is InChI=1S/C20H21N3OS2/c21-10-15-13-2-1-3-17(13)26-20(15)22-18(24)11-23-8-6-16-14(7-9-25-16)19(23)12-4-5-12/h7,9,12,19H,1-6,8,11H2,(H,22,24). The van der Waals surface area contributed by atoms with Crippen LogP contribution in [0.1, 0.15) is 51.7 Å². The molecule has 3 heterocycles. The van der Waals surface area contributed by atoms with Crippen LogP contribution in [0.4, 0.5) is 5.00 Å². The smallest absolute Gasteiger partial charge is 0.239 e. The fourth-order valence-electron chi connectivity index (χ4n) is 4.50. The van der Waals surface area contributed by atoms with E-state index < -0.39 is 0 Å². The second-order valence-corrected chi connectivity index (χ2v) is 9.63. The first-order chi connectivity index (χ1) is 12.7. The fourth-order valence-corrected chi connectivity index (χ4v) is 6.67. The lowest BCUT2D eigenvalue weighted by molar-refractivity contribution is -0.118. The van der Waals surface area contributed by atoms with Gasteiger partial charge in [0.2, 0.25) is 5.91 Å². The van der Waals surface area contributed by atoms with Crippen LogP contribution < -0.4 is 5.32 Å². The van der Waals surface area contributed by atoms with Crippen LogP contribution in [0.15, 0.2) is 11.4 Å². The molecule has 0 saturated heterocycles. The molecule has 0 aromatic carbocycles. The largest absolute Gasteiger partial charge is 0.315 e. The minimum atomic E-state index is 0.0192. The maximum Gasteiger partial charge on any atom is 0.239 e. The number of thiophene rings is 2. The Kier molecular flexibility index (Phi) is 4.11. The van der Waals surface area contributed by atoms with Gasteiger partial charge < -0.3 is 5.32 Å². The molecule has 2 aliphatic carbocycles. The van der Waals surface area contributed by atoms with Crippen molar-refractivity contribution in [1.29, 1.82) is 5.26 Å². The Balaban J connectivity index is 1.33. The van der Waals surface area contributed by atoms with Gasteiger partial charge in [0.15, 0.2) is 0 Å². The average Bonchev–Trinajstić information content (AvgIpc) is 3.02. The molecular weight excluding hydrogens is 362 g/mol. The van der Waals surface area contributed by atoms with Crippen molar-refractivity contribution < 1.29 is 4.79 Å². The van der Waals surface area contributed by atoms with E-state index in [1.807, 2.05) is 11.3 Å². The van der Waals surface area contributed by atoms with E-state index in [0.717, 1.165) is 37.2 Å². The maximum absolute atomic E-state index is 12.8. The van der Waals surface area contributed by atoms with E-state index in [1.54, 1.807) is 11.3 Å². The second-order valence-electron chi connectivity index (χ2n) is 7.52. The molecule has 26 heavy (non-hydrogen) atoms. The SMILES string of the molecule is N#Cc1c(NC(=O)CN2CCc3sccc3C2C2CC2)sc2c1CCC2. The van der Waals surface area contributed by atoms with Crippen molar-refractivity contribution >= 4 is 33.6 Å². The number of nitriles is 1. The second kappa shape index (κ2) is 6.49. The Morgan fingerprint density at radius 2 is 2.19 bits per heavy atom. The number of nitrogens with one attached hydrogen (secondary N) is 1. The first-order valence-corrected chi connectivity index (χ1v) is 11.1. The van der Waals surface area contributed by atoms with Gasteiger partial charge in [-0.1, -0.05) is 0 Å². The molecule has 134 valence electrons. The van der Waals surface area contributed by atoms with Gasteiger partial charge in [0, 0.05) is 22.3 Å². The summed E-state index contributed by atoms with van der Waals surface area (Å²) in [5.74, 6) is 0.724. The van der Waals surface area contributed by atoms with Crippen LogP contribution in [0, 0.1) is 17.2 Å². The Hall–Kier alpha value is -1.68. The van der Waals surface area contributed by atoms with Gasteiger partial charge in [0.25, 0.3) is 0 Å². The van der Waals surface area contributed by atoms with Crippen molar-refractivity contribution in [2.75, 3.05) is 18.4 Å². The Bertz CT molecular complexity index is 903. The summed E-state index contributed by atoms with van der Waals surface area (Å²) in [6.45, 7) is 1.37. The van der Waals surface area contributed by atoms with Crippen molar-refractivity contribution in [3.8, 4) is 6.07 Å². The number of carbonyl (C=O) groups is 1. The molecule has 1 amide bonds. The van der Waals surface area contributed by atoms with Gasteiger partial charge in [0.1, 0.15) is 11.1 Å². The van der Waals surface area contributed by atoms with Gasteiger partial charge in [-0.05, 0) is 67.0 Å². The third-order valence-electron chi connectivity index (χ3n) is 5.82. The number of nitrogens with zero attached hydrogens (tertiary/aromatic N) is 2. The van der Waals surface area contributed by atoms with Gasteiger partial charge in [0.05, 0.1) is 12.1 Å². The molecule has 1 N–H and O–H groups in total. The first kappa shape index (κ1) is 16.5. The molecular formula is C20H21N3OS2. The minimum absolute atomic E-state index is 0.0192. The minimum Gasteiger partial charge on any atom is -0.315 e. The molecule has 3 aliphatic rings. The number of rotatable bonds is 4. The number of aryl methyl sites for hydroxylation is 1. The van der Waals surface area contributed by atoms with E-state index in [-0.39, 0.29) is 5.91 Å². The third-order valence-corrected chi connectivity index (χ3v) is 8.02. The summed E-state index contributed by atoms with van der Waals surface area (Å²) in [6.07, 6.45) is 6.73. The summed E-state index contributed by atoms with van der Waals surface area (Å²) in [4.78, 5) is 17.9. The van der Waals surface area contributed by atoms with Gasteiger partial charge in [-0.2, -0.15) is 5.26 Å². The zero-order chi connectivity index (χ0) is 17.7. The number of carbonyl (C=O) groups excluding carboxylic acids is 1. The van der Waals surface area contributed by atoms with E-state index in [2.05, 4.69) is 27.7 Å². The number of fused-ring (bicyclic) bond motifs is 2. The van der Waals surface area contributed by atoms with Crippen molar-refractivity contribution in [2.45, 2.75) is 44.6 Å². The van der Waals surface area contributed by atoms with E-state index in [0.29, 0.717) is 24.1 Å². The number of hydrogen-bond acceptors (Lipinski definition) is 5. The van der Waals surface area contributed by atoms with Crippen LogP contribution in [0.25, 0.3) is 0 Å². The van der Waals surface area contributed by atoms with E-state index >= 15 is 0 Å². The molecule has 5 rings (SSSR count). The molecule has 0 radical (unpaired) electrons. The van der Waals surface area contributed by atoms with Crippen molar-refractivity contribution in [2.24, 2.45) is 5.92 Å². The normalized spacial score (nSPS) is 21.9. The van der Waals surface area contributed by atoms with E-state index in [9.17, 15) is 10.1 Å². The summed E-state index contributed by atoms with van der Waals surface area (Å²) in [5.41, 5.74) is 3.32. The quantitative estimate of drug-likeness (QED) is 0.864. The molecule has 2 aromatic rings. The maximum atomic E-state index is 12.8. The van der Waals surface area contributed by atoms with Gasteiger partial charge >= 0.3 is 0 Å². The number of amides is 1.